The molecule has 0 radical (unpaired) electrons. The Balaban J connectivity index is 1.86. The molecule has 0 saturated carbocycles. The average molecular weight is 223 g/mol. The van der Waals surface area contributed by atoms with Crippen LogP contribution in [-0.4, -0.2) is 25.4 Å². The summed E-state index contributed by atoms with van der Waals surface area (Å²) in [5, 5.41) is 3.50. The summed E-state index contributed by atoms with van der Waals surface area (Å²) in [4.78, 5) is 1.29. The van der Waals surface area contributed by atoms with Gasteiger partial charge in [0.1, 0.15) is 5.75 Å². The lowest BCUT2D eigenvalue weighted by molar-refractivity contribution is 0.413. The molecule has 2 rings (SSSR count). The molecule has 0 unspecified atom stereocenters. The predicted molar refractivity (Wildman–Crippen MR) is 64.7 cm³/mol. The predicted octanol–water partition coefficient (Wildman–Crippen LogP) is 2.54. The number of benzene rings is 1. The van der Waals surface area contributed by atoms with E-state index in [9.17, 15) is 0 Å². The Morgan fingerprint density at radius 1 is 1.53 bits per heavy atom. The van der Waals surface area contributed by atoms with Crippen LogP contribution < -0.4 is 10.1 Å². The second kappa shape index (κ2) is 5.42. The van der Waals surface area contributed by atoms with Gasteiger partial charge in [-0.05, 0) is 37.6 Å². The first-order chi connectivity index (χ1) is 7.38. The average Bonchev–Trinajstić information content (AvgIpc) is 2.79. The molecule has 82 valence electrons. The Bertz CT molecular complexity index is 310. The van der Waals surface area contributed by atoms with Crippen LogP contribution in [0.25, 0.3) is 0 Å². The summed E-state index contributed by atoms with van der Waals surface area (Å²) in [6.07, 6.45) is 2.64. The van der Waals surface area contributed by atoms with Crippen LogP contribution in [0, 0.1) is 0 Å². The normalized spacial score (nSPS) is 20.5. The van der Waals surface area contributed by atoms with Crippen LogP contribution in [0.15, 0.2) is 29.2 Å². The molecule has 0 amide bonds. The van der Waals surface area contributed by atoms with Crippen molar-refractivity contribution in [3.05, 3.63) is 24.3 Å². The Labute approximate surface area is 95.4 Å². The molecule has 3 heteroatoms. The molecule has 1 aromatic rings. The van der Waals surface area contributed by atoms with Crippen molar-refractivity contribution in [1.82, 2.24) is 5.32 Å². The third-order valence-corrected chi connectivity index (χ3v) is 3.81. The monoisotopic (exact) mass is 223 g/mol. The van der Waals surface area contributed by atoms with Gasteiger partial charge in [0.05, 0.1) is 7.11 Å². The lowest BCUT2D eigenvalue weighted by Gasteiger charge is -2.09. The highest BCUT2D eigenvalue weighted by Crippen LogP contribution is 2.24. The standard InChI is InChI=1S/C12H17NOS/c1-14-11-5-2-6-12(8-11)15-9-10-4-3-7-13-10/h2,5-6,8,10,13H,3-4,7,9H2,1H3/t10-/m0/s1. The van der Waals surface area contributed by atoms with Gasteiger partial charge in [-0.2, -0.15) is 0 Å². The number of hydrogen-bond acceptors (Lipinski definition) is 3. The van der Waals surface area contributed by atoms with Gasteiger partial charge >= 0.3 is 0 Å². The zero-order chi connectivity index (χ0) is 10.5. The number of nitrogens with one attached hydrogen (secondary N) is 1. The summed E-state index contributed by atoms with van der Waals surface area (Å²) in [6, 6.07) is 8.96. The first-order valence-electron chi connectivity index (χ1n) is 5.39. The third kappa shape index (κ3) is 3.14. The van der Waals surface area contributed by atoms with Gasteiger partial charge in [0.15, 0.2) is 0 Å². The largest absolute Gasteiger partial charge is 0.497 e. The van der Waals surface area contributed by atoms with Gasteiger partial charge < -0.3 is 10.1 Å². The molecule has 1 saturated heterocycles. The molecule has 1 N–H and O–H groups in total. The van der Waals surface area contributed by atoms with E-state index in [1.165, 1.54) is 24.3 Å². The molecule has 2 nitrogen and oxygen atoms in total. The number of methoxy groups -OCH3 is 1. The van der Waals surface area contributed by atoms with E-state index in [1.807, 2.05) is 23.9 Å². The molecule has 1 aliphatic rings. The van der Waals surface area contributed by atoms with E-state index in [2.05, 4.69) is 17.4 Å². The Hall–Kier alpha value is -0.670. The minimum absolute atomic E-state index is 0.696. The highest BCUT2D eigenvalue weighted by Gasteiger charge is 2.13. The van der Waals surface area contributed by atoms with E-state index >= 15 is 0 Å². The first kappa shape index (κ1) is 10.8. The number of hydrogen-bond donors (Lipinski definition) is 1. The number of rotatable bonds is 4. The highest BCUT2D eigenvalue weighted by molar-refractivity contribution is 7.99. The zero-order valence-electron chi connectivity index (χ0n) is 9.03. The van der Waals surface area contributed by atoms with Crippen molar-refractivity contribution in [2.45, 2.75) is 23.8 Å². The topological polar surface area (TPSA) is 21.3 Å². The van der Waals surface area contributed by atoms with Crippen LogP contribution in [0.3, 0.4) is 0 Å². The smallest absolute Gasteiger partial charge is 0.119 e. The van der Waals surface area contributed by atoms with Crippen molar-refractivity contribution in [2.24, 2.45) is 0 Å². The molecular weight excluding hydrogens is 206 g/mol. The second-order valence-electron chi connectivity index (χ2n) is 3.78. The van der Waals surface area contributed by atoms with Gasteiger partial charge in [0.25, 0.3) is 0 Å². The van der Waals surface area contributed by atoms with E-state index < -0.39 is 0 Å². The molecule has 1 heterocycles. The Morgan fingerprint density at radius 2 is 2.47 bits per heavy atom. The van der Waals surface area contributed by atoms with Gasteiger partial charge in [0.2, 0.25) is 0 Å². The first-order valence-corrected chi connectivity index (χ1v) is 6.37. The van der Waals surface area contributed by atoms with E-state index in [0.717, 1.165) is 11.5 Å². The Morgan fingerprint density at radius 3 is 3.20 bits per heavy atom. The van der Waals surface area contributed by atoms with E-state index in [-0.39, 0.29) is 0 Å². The molecule has 15 heavy (non-hydrogen) atoms. The quantitative estimate of drug-likeness (QED) is 0.793. The van der Waals surface area contributed by atoms with Crippen LogP contribution >= 0.6 is 11.8 Å². The van der Waals surface area contributed by atoms with Gasteiger partial charge in [-0.25, -0.2) is 0 Å². The minimum Gasteiger partial charge on any atom is -0.497 e. The van der Waals surface area contributed by atoms with E-state index in [0.29, 0.717) is 6.04 Å². The molecule has 0 bridgehead atoms. The highest BCUT2D eigenvalue weighted by atomic mass is 32.2. The fourth-order valence-electron chi connectivity index (χ4n) is 1.79. The summed E-state index contributed by atoms with van der Waals surface area (Å²) in [7, 11) is 1.71. The molecular formula is C12H17NOS. The zero-order valence-corrected chi connectivity index (χ0v) is 9.85. The van der Waals surface area contributed by atoms with Gasteiger partial charge in [-0.1, -0.05) is 6.07 Å². The molecule has 0 aliphatic carbocycles. The molecule has 1 aliphatic heterocycles. The summed E-state index contributed by atoms with van der Waals surface area (Å²) < 4.78 is 5.20. The van der Waals surface area contributed by atoms with Crippen LogP contribution in [-0.2, 0) is 0 Å². The Kier molecular flexibility index (Phi) is 3.92. The van der Waals surface area contributed by atoms with Crippen molar-refractivity contribution in [2.75, 3.05) is 19.4 Å². The summed E-state index contributed by atoms with van der Waals surface area (Å²) in [5.41, 5.74) is 0. The van der Waals surface area contributed by atoms with Crippen LogP contribution in [0.2, 0.25) is 0 Å². The second-order valence-corrected chi connectivity index (χ2v) is 4.88. The third-order valence-electron chi connectivity index (χ3n) is 2.65. The molecule has 1 aromatic carbocycles. The lowest BCUT2D eigenvalue weighted by atomic mass is 10.3. The fraction of sp³-hybridized carbons (Fsp3) is 0.500. The van der Waals surface area contributed by atoms with Crippen LogP contribution in [0.5, 0.6) is 5.75 Å². The number of ether oxygens (including phenoxy) is 1. The summed E-state index contributed by atoms with van der Waals surface area (Å²) in [6.45, 7) is 1.18. The molecule has 0 spiro atoms. The maximum Gasteiger partial charge on any atom is 0.119 e. The van der Waals surface area contributed by atoms with Crippen LogP contribution in [0.4, 0.5) is 0 Å². The minimum atomic E-state index is 0.696. The fourth-order valence-corrected chi connectivity index (χ4v) is 2.84. The van der Waals surface area contributed by atoms with E-state index in [4.69, 9.17) is 4.74 Å². The van der Waals surface area contributed by atoms with Gasteiger partial charge in [-0.15, -0.1) is 11.8 Å². The van der Waals surface area contributed by atoms with E-state index in [1.54, 1.807) is 7.11 Å². The van der Waals surface area contributed by atoms with Crippen molar-refractivity contribution in [1.29, 1.82) is 0 Å². The van der Waals surface area contributed by atoms with Crippen molar-refractivity contribution in [3.8, 4) is 5.75 Å². The van der Waals surface area contributed by atoms with Crippen molar-refractivity contribution >= 4 is 11.8 Å². The van der Waals surface area contributed by atoms with Crippen LogP contribution in [0.1, 0.15) is 12.8 Å². The van der Waals surface area contributed by atoms with Gasteiger partial charge in [-0.3, -0.25) is 0 Å². The SMILES string of the molecule is COc1cccc(SC[C@@H]2CCCN2)c1. The maximum atomic E-state index is 5.20. The molecule has 0 aromatic heterocycles. The lowest BCUT2D eigenvalue weighted by Crippen LogP contribution is -2.23. The van der Waals surface area contributed by atoms with Gasteiger partial charge in [0, 0.05) is 16.7 Å². The van der Waals surface area contributed by atoms with Crippen molar-refractivity contribution < 1.29 is 4.74 Å². The number of thioether (sulfide) groups is 1. The van der Waals surface area contributed by atoms with Crippen molar-refractivity contribution in [3.63, 3.8) is 0 Å². The summed E-state index contributed by atoms with van der Waals surface area (Å²) >= 11 is 1.90. The summed E-state index contributed by atoms with van der Waals surface area (Å²) in [5.74, 6) is 2.10. The maximum absolute atomic E-state index is 5.20. The molecule has 1 atom stereocenters. The molecule has 1 fully saturated rings.